The second-order valence-electron chi connectivity index (χ2n) is 7.61. The number of anilines is 1. The van der Waals surface area contributed by atoms with Crippen LogP contribution < -0.4 is 5.32 Å². The maximum atomic E-state index is 13.4. The fourth-order valence-corrected chi connectivity index (χ4v) is 5.58. The number of hydrogen-bond donors (Lipinski definition) is 2. The topological polar surface area (TPSA) is 91.9 Å². The van der Waals surface area contributed by atoms with Crippen molar-refractivity contribution in [3.8, 4) is 11.4 Å². The smallest absolute Gasteiger partial charge is 0.234 e. The van der Waals surface area contributed by atoms with Gasteiger partial charge in [-0.1, -0.05) is 77.5 Å². The van der Waals surface area contributed by atoms with Crippen molar-refractivity contribution in [1.29, 1.82) is 0 Å². The van der Waals surface area contributed by atoms with Crippen LogP contribution in [0.2, 0.25) is 0 Å². The summed E-state index contributed by atoms with van der Waals surface area (Å²) in [6.07, 6.45) is 0. The van der Waals surface area contributed by atoms with Crippen LogP contribution in [0.25, 0.3) is 11.4 Å². The Morgan fingerprint density at radius 1 is 0.909 bits per heavy atom. The van der Waals surface area contributed by atoms with Crippen LogP contribution in [0.1, 0.15) is 11.1 Å². The number of rotatable bonds is 7. The molecule has 0 aliphatic heterocycles. The molecule has 0 fully saturated rings. The third-order valence-corrected chi connectivity index (χ3v) is 7.79. The molecule has 0 radical (unpaired) electrons. The van der Waals surface area contributed by atoms with Gasteiger partial charge in [-0.05, 0) is 38.1 Å². The molecular formula is C25H23N3O3S2. The monoisotopic (exact) mass is 477 g/mol. The van der Waals surface area contributed by atoms with E-state index in [1.165, 1.54) is 0 Å². The number of thioether (sulfide) groups is 1. The molecule has 168 valence electrons. The predicted molar refractivity (Wildman–Crippen MR) is 131 cm³/mol. The van der Waals surface area contributed by atoms with Crippen molar-refractivity contribution in [3.05, 3.63) is 90.0 Å². The number of carbonyl (C=O) groups excluding carboxylic acids is 1. The summed E-state index contributed by atoms with van der Waals surface area (Å²) in [5.41, 5.74) is 3.50. The lowest BCUT2D eigenvalue weighted by Gasteiger charge is -2.07. The predicted octanol–water partition coefficient (Wildman–Crippen LogP) is 5.26. The molecule has 4 aromatic rings. The third kappa shape index (κ3) is 5.35. The number of carbonyl (C=O) groups is 1. The molecule has 0 bridgehead atoms. The van der Waals surface area contributed by atoms with Crippen molar-refractivity contribution in [3.63, 3.8) is 0 Å². The molecule has 6 nitrogen and oxygen atoms in total. The number of aryl methyl sites for hydroxylation is 2. The van der Waals surface area contributed by atoms with E-state index in [0.29, 0.717) is 11.5 Å². The number of imidazole rings is 1. The van der Waals surface area contributed by atoms with E-state index in [1.54, 1.807) is 24.3 Å². The summed E-state index contributed by atoms with van der Waals surface area (Å²) in [5, 5.41) is 3.07. The Kier molecular flexibility index (Phi) is 6.67. The highest BCUT2D eigenvalue weighted by atomic mass is 32.2. The number of amides is 1. The van der Waals surface area contributed by atoms with Gasteiger partial charge < -0.3 is 10.3 Å². The minimum absolute atomic E-state index is 0.0154. The zero-order valence-electron chi connectivity index (χ0n) is 18.2. The summed E-state index contributed by atoms with van der Waals surface area (Å²) in [4.78, 5) is 20.2. The van der Waals surface area contributed by atoms with Crippen LogP contribution in [-0.4, -0.2) is 30.0 Å². The number of nitrogens with one attached hydrogen (secondary N) is 2. The Bertz CT molecular complexity index is 1360. The minimum atomic E-state index is -3.86. The average molecular weight is 478 g/mol. The van der Waals surface area contributed by atoms with Crippen molar-refractivity contribution in [2.45, 2.75) is 28.8 Å². The van der Waals surface area contributed by atoms with Gasteiger partial charge in [0, 0.05) is 11.3 Å². The Hall–Kier alpha value is -3.36. The fraction of sp³-hybridized carbons (Fsp3) is 0.120. The molecule has 0 atom stereocenters. The summed E-state index contributed by atoms with van der Waals surface area (Å²) in [6, 6.07) is 23.4. The van der Waals surface area contributed by atoms with E-state index < -0.39 is 9.84 Å². The normalized spacial score (nSPS) is 11.3. The fourth-order valence-electron chi connectivity index (χ4n) is 3.16. The number of H-pyrrole nitrogens is 1. The molecule has 0 spiro atoms. The van der Waals surface area contributed by atoms with Crippen molar-refractivity contribution in [2.75, 3.05) is 11.1 Å². The summed E-state index contributed by atoms with van der Waals surface area (Å²) < 4.78 is 26.8. The first-order valence-electron chi connectivity index (χ1n) is 10.3. The molecule has 0 unspecified atom stereocenters. The second kappa shape index (κ2) is 9.64. The molecule has 0 aliphatic rings. The van der Waals surface area contributed by atoms with Gasteiger partial charge in [0.15, 0.2) is 5.03 Å². The highest BCUT2D eigenvalue weighted by molar-refractivity contribution is 8.00. The highest BCUT2D eigenvalue weighted by Crippen LogP contribution is 2.32. The quantitative estimate of drug-likeness (QED) is 0.354. The number of benzene rings is 3. The molecule has 3 aromatic carbocycles. The second-order valence-corrected chi connectivity index (χ2v) is 10.5. The molecule has 0 saturated heterocycles. The van der Waals surface area contributed by atoms with E-state index in [2.05, 4.69) is 15.3 Å². The first kappa shape index (κ1) is 22.8. The molecule has 2 N–H and O–H groups in total. The van der Waals surface area contributed by atoms with Gasteiger partial charge in [0.25, 0.3) is 0 Å². The van der Waals surface area contributed by atoms with Crippen LogP contribution in [0.4, 0.5) is 5.69 Å². The van der Waals surface area contributed by atoms with Gasteiger partial charge >= 0.3 is 0 Å². The van der Waals surface area contributed by atoms with Crippen LogP contribution in [0.5, 0.6) is 0 Å². The lowest BCUT2D eigenvalue weighted by atomic mass is 10.2. The van der Waals surface area contributed by atoms with Crippen molar-refractivity contribution >= 4 is 33.2 Å². The summed E-state index contributed by atoms with van der Waals surface area (Å²) in [7, 11) is -3.86. The average Bonchev–Trinajstić information content (AvgIpc) is 3.25. The first-order chi connectivity index (χ1) is 15.8. The Labute approximate surface area is 197 Å². The van der Waals surface area contributed by atoms with Gasteiger partial charge in [0.2, 0.25) is 15.7 Å². The standard InChI is InChI=1S/C25H23N3O3S2/c1-17-8-12-20(13-9-17)26-22(29)16-32-24-25(28-23(27-24)19-6-4-3-5-7-19)33(30,31)21-14-10-18(2)11-15-21/h3-15H,16H2,1-2H3,(H,26,29)(H,27,28). The molecule has 1 amide bonds. The van der Waals surface area contributed by atoms with E-state index in [-0.39, 0.29) is 26.6 Å². The van der Waals surface area contributed by atoms with Crippen LogP contribution in [0.15, 0.2) is 93.8 Å². The number of hydrogen-bond acceptors (Lipinski definition) is 5. The SMILES string of the molecule is Cc1ccc(NC(=O)CSc2nc(-c3ccccc3)[nH]c2S(=O)(=O)c2ccc(C)cc2)cc1. The Morgan fingerprint density at radius 2 is 1.52 bits per heavy atom. The number of sulfone groups is 1. The van der Waals surface area contributed by atoms with Gasteiger partial charge in [0.05, 0.1) is 10.6 Å². The van der Waals surface area contributed by atoms with Crippen LogP contribution in [0.3, 0.4) is 0 Å². The highest BCUT2D eigenvalue weighted by Gasteiger charge is 2.26. The van der Waals surface area contributed by atoms with Gasteiger partial charge in [0.1, 0.15) is 10.9 Å². The summed E-state index contributed by atoms with van der Waals surface area (Å²) in [5.74, 6) is 0.207. The lowest BCUT2D eigenvalue weighted by molar-refractivity contribution is -0.113. The lowest BCUT2D eigenvalue weighted by Crippen LogP contribution is -2.14. The summed E-state index contributed by atoms with van der Waals surface area (Å²) >= 11 is 1.08. The minimum Gasteiger partial charge on any atom is -0.328 e. The zero-order chi connectivity index (χ0) is 23.4. The molecule has 0 aliphatic carbocycles. The van der Waals surface area contributed by atoms with Crippen molar-refractivity contribution < 1.29 is 13.2 Å². The van der Waals surface area contributed by atoms with Crippen molar-refractivity contribution in [1.82, 2.24) is 9.97 Å². The van der Waals surface area contributed by atoms with Gasteiger partial charge in [-0.15, -0.1) is 0 Å². The van der Waals surface area contributed by atoms with Crippen LogP contribution in [0, 0.1) is 13.8 Å². The Balaban J connectivity index is 1.63. The maximum absolute atomic E-state index is 13.4. The molecule has 0 saturated carbocycles. The molecular weight excluding hydrogens is 454 g/mol. The number of aromatic nitrogens is 2. The number of aromatic amines is 1. The third-order valence-electron chi connectivity index (χ3n) is 4.96. The number of nitrogens with zero attached hydrogens (tertiary/aromatic N) is 1. The molecule has 33 heavy (non-hydrogen) atoms. The summed E-state index contributed by atoms with van der Waals surface area (Å²) in [6.45, 7) is 3.87. The first-order valence-corrected chi connectivity index (χ1v) is 12.8. The zero-order valence-corrected chi connectivity index (χ0v) is 19.8. The van der Waals surface area contributed by atoms with E-state index in [9.17, 15) is 13.2 Å². The molecule has 4 rings (SSSR count). The van der Waals surface area contributed by atoms with E-state index >= 15 is 0 Å². The van der Waals surface area contributed by atoms with Gasteiger partial charge in [-0.3, -0.25) is 4.79 Å². The van der Waals surface area contributed by atoms with Gasteiger partial charge in [-0.25, -0.2) is 13.4 Å². The largest absolute Gasteiger partial charge is 0.328 e. The maximum Gasteiger partial charge on any atom is 0.234 e. The Morgan fingerprint density at radius 3 is 2.15 bits per heavy atom. The van der Waals surface area contributed by atoms with E-state index in [1.807, 2.05) is 68.4 Å². The molecule has 1 aromatic heterocycles. The van der Waals surface area contributed by atoms with E-state index in [0.717, 1.165) is 28.5 Å². The van der Waals surface area contributed by atoms with Crippen molar-refractivity contribution in [2.24, 2.45) is 0 Å². The van der Waals surface area contributed by atoms with Crippen LogP contribution in [-0.2, 0) is 14.6 Å². The molecule has 1 heterocycles. The van der Waals surface area contributed by atoms with Crippen LogP contribution >= 0.6 is 11.8 Å². The molecule has 8 heteroatoms. The van der Waals surface area contributed by atoms with Gasteiger partial charge in [-0.2, -0.15) is 0 Å². The van der Waals surface area contributed by atoms with E-state index in [4.69, 9.17) is 0 Å².